The molecule has 0 spiro atoms. The third-order valence-corrected chi connectivity index (χ3v) is 3.98. The summed E-state index contributed by atoms with van der Waals surface area (Å²) in [4.78, 5) is 0. The van der Waals surface area contributed by atoms with Gasteiger partial charge in [-0.2, -0.15) is 5.10 Å². The van der Waals surface area contributed by atoms with Gasteiger partial charge in [-0.15, -0.1) is 0 Å². The van der Waals surface area contributed by atoms with E-state index in [1.807, 2.05) is 36.0 Å². The van der Waals surface area contributed by atoms with Crippen molar-refractivity contribution < 1.29 is 5.11 Å². The van der Waals surface area contributed by atoms with Gasteiger partial charge in [-0.3, -0.25) is 4.68 Å². The first kappa shape index (κ1) is 15.1. The minimum Gasteiger partial charge on any atom is -0.396 e. The van der Waals surface area contributed by atoms with E-state index < -0.39 is 0 Å². The molecule has 0 aliphatic rings. The largest absolute Gasteiger partial charge is 0.396 e. The van der Waals surface area contributed by atoms with Crippen LogP contribution in [0.1, 0.15) is 23.9 Å². The van der Waals surface area contributed by atoms with Crippen LogP contribution in [0.15, 0.2) is 30.3 Å². The first-order chi connectivity index (χ1) is 9.63. The van der Waals surface area contributed by atoms with E-state index in [2.05, 4.69) is 18.1 Å². The van der Waals surface area contributed by atoms with Crippen LogP contribution in [0.3, 0.4) is 0 Å². The van der Waals surface area contributed by atoms with Crippen molar-refractivity contribution >= 4 is 11.6 Å². The summed E-state index contributed by atoms with van der Waals surface area (Å²) in [6.45, 7) is 2.25. The number of hydrogen-bond acceptors (Lipinski definition) is 2. The summed E-state index contributed by atoms with van der Waals surface area (Å²) >= 11 is 6.19. The van der Waals surface area contributed by atoms with Crippen molar-refractivity contribution in [2.24, 2.45) is 13.0 Å². The molecule has 3 nitrogen and oxygen atoms in total. The number of aliphatic hydroxyl groups is 1. The first-order valence-corrected chi connectivity index (χ1v) is 7.37. The molecule has 20 heavy (non-hydrogen) atoms. The zero-order valence-corrected chi connectivity index (χ0v) is 12.8. The maximum absolute atomic E-state index is 9.62. The highest BCUT2D eigenvalue weighted by molar-refractivity contribution is 6.31. The quantitative estimate of drug-likeness (QED) is 0.889. The molecule has 1 aromatic carbocycles. The van der Waals surface area contributed by atoms with Gasteiger partial charge in [-0.05, 0) is 42.9 Å². The number of benzene rings is 1. The number of aryl methyl sites for hydroxylation is 2. The van der Waals surface area contributed by atoms with E-state index in [-0.39, 0.29) is 12.5 Å². The summed E-state index contributed by atoms with van der Waals surface area (Å²) in [5, 5.41) is 14.8. The van der Waals surface area contributed by atoms with Crippen LogP contribution in [0.5, 0.6) is 0 Å². The Kier molecular flexibility index (Phi) is 5.21. The molecule has 1 N–H and O–H groups in total. The fourth-order valence-corrected chi connectivity index (χ4v) is 2.62. The van der Waals surface area contributed by atoms with Crippen LogP contribution < -0.4 is 0 Å². The topological polar surface area (TPSA) is 38.0 Å². The van der Waals surface area contributed by atoms with Gasteiger partial charge in [-0.25, -0.2) is 0 Å². The Morgan fingerprint density at radius 2 is 2.05 bits per heavy atom. The molecule has 0 bridgehead atoms. The molecular weight excluding hydrogens is 272 g/mol. The van der Waals surface area contributed by atoms with E-state index >= 15 is 0 Å². The lowest BCUT2D eigenvalue weighted by Crippen LogP contribution is -2.15. The predicted octanol–water partition coefficient (Wildman–Crippen LogP) is 3.03. The summed E-state index contributed by atoms with van der Waals surface area (Å²) in [6.07, 6.45) is 2.52. The van der Waals surface area contributed by atoms with E-state index in [0.29, 0.717) is 0 Å². The summed E-state index contributed by atoms with van der Waals surface area (Å²) in [7, 11) is 1.96. The summed E-state index contributed by atoms with van der Waals surface area (Å²) in [6, 6.07) is 9.94. The molecule has 2 aromatic rings. The fourth-order valence-electron chi connectivity index (χ4n) is 2.41. The van der Waals surface area contributed by atoms with Crippen molar-refractivity contribution in [3.8, 4) is 0 Å². The lowest BCUT2D eigenvalue weighted by molar-refractivity contribution is 0.223. The zero-order chi connectivity index (χ0) is 14.5. The van der Waals surface area contributed by atoms with Crippen molar-refractivity contribution in [1.29, 1.82) is 0 Å². The number of rotatable bonds is 6. The number of aromatic nitrogens is 2. The molecule has 0 saturated carbocycles. The highest BCUT2D eigenvalue weighted by atomic mass is 35.5. The minimum absolute atomic E-state index is 0.151. The fraction of sp³-hybridized carbons (Fsp3) is 0.438. The van der Waals surface area contributed by atoms with Crippen LogP contribution in [0.25, 0.3) is 0 Å². The van der Waals surface area contributed by atoms with Crippen LogP contribution in [-0.4, -0.2) is 21.5 Å². The summed E-state index contributed by atoms with van der Waals surface area (Å²) < 4.78 is 1.91. The molecule has 1 aromatic heterocycles. The molecule has 1 atom stereocenters. The van der Waals surface area contributed by atoms with E-state index in [1.54, 1.807) is 0 Å². The van der Waals surface area contributed by atoms with E-state index in [4.69, 9.17) is 11.6 Å². The average Bonchev–Trinajstić information content (AvgIpc) is 2.81. The van der Waals surface area contributed by atoms with Gasteiger partial charge in [0.05, 0.1) is 5.69 Å². The Labute approximate surface area is 125 Å². The average molecular weight is 293 g/mol. The lowest BCUT2D eigenvalue weighted by Gasteiger charge is -2.15. The van der Waals surface area contributed by atoms with Crippen molar-refractivity contribution in [1.82, 2.24) is 9.78 Å². The third-order valence-electron chi connectivity index (χ3n) is 3.61. The van der Waals surface area contributed by atoms with Gasteiger partial charge in [-0.1, -0.05) is 36.7 Å². The lowest BCUT2D eigenvalue weighted by atomic mass is 9.95. The Balaban J connectivity index is 2.09. The van der Waals surface area contributed by atoms with Crippen LogP contribution in [0.4, 0.5) is 0 Å². The molecule has 4 heteroatoms. The van der Waals surface area contributed by atoms with Gasteiger partial charge in [0.25, 0.3) is 0 Å². The standard InChI is InChI=1S/C16H21ClN2O/c1-3-14-10-15(19(2)18-14)9-12(11-20)8-13-6-4-5-7-16(13)17/h4-7,10,12,20H,3,8-9,11H2,1-2H3. The molecule has 108 valence electrons. The van der Waals surface area contributed by atoms with Gasteiger partial charge in [0, 0.05) is 24.4 Å². The maximum Gasteiger partial charge on any atom is 0.0624 e. The number of halogens is 1. The Morgan fingerprint density at radius 1 is 1.30 bits per heavy atom. The molecule has 2 rings (SSSR count). The second-order valence-corrected chi connectivity index (χ2v) is 5.56. The monoisotopic (exact) mass is 292 g/mol. The van der Waals surface area contributed by atoms with E-state index in [0.717, 1.165) is 41.2 Å². The van der Waals surface area contributed by atoms with Crippen LogP contribution in [0.2, 0.25) is 5.02 Å². The number of aliphatic hydroxyl groups excluding tert-OH is 1. The molecule has 0 radical (unpaired) electrons. The van der Waals surface area contributed by atoms with E-state index in [9.17, 15) is 5.11 Å². The Hall–Kier alpha value is -1.32. The molecule has 0 fully saturated rings. The van der Waals surface area contributed by atoms with Crippen LogP contribution >= 0.6 is 11.6 Å². The zero-order valence-electron chi connectivity index (χ0n) is 12.0. The van der Waals surface area contributed by atoms with Gasteiger partial charge in [0.2, 0.25) is 0 Å². The van der Waals surface area contributed by atoms with Crippen molar-refractivity contribution in [3.05, 3.63) is 52.3 Å². The predicted molar refractivity (Wildman–Crippen MR) is 82.0 cm³/mol. The minimum atomic E-state index is 0.151. The smallest absolute Gasteiger partial charge is 0.0624 e. The molecule has 0 amide bonds. The molecule has 1 heterocycles. The summed E-state index contributed by atoms with van der Waals surface area (Å²) in [5.41, 5.74) is 3.34. The molecule has 0 aliphatic heterocycles. The second-order valence-electron chi connectivity index (χ2n) is 5.15. The Bertz CT molecular complexity index is 565. The number of hydrogen-bond donors (Lipinski definition) is 1. The second kappa shape index (κ2) is 6.91. The van der Waals surface area contributed by atoms with Gasteiger partial charge in [0.1, 0.15) is 0 Å². The normalized spacial score (nSPS) is 12.6. The highest BCUT2D eigenvalue weighted by Crippen LogP contribution is 2.21. The van der Waals surface area contributed by atoms with E-state index in [1.165, 1.54) is 0 Å². The van der Waals surface area contributed by atoms with Crippen molar-refractivity contribution in [2.45, 2.75) is 26.2 Å². The molecular formula is C16H21ClN2O. The maximum atomic E-state index is 9.62. The third kappa shape index (κ3) is 3.62. The SMILES string of the molecule is CCc1cc(CC(CO)Cc2ccccc2Cl)n(C)n1. The molecule has 0 aliphatic carbocycles. The van der Waals surface area contributed by atoms with Crippen molar-refractivity contribution in [3.63, 3.8) is 0 Å². The van der Waals surface area contributed by atoms with Crippen molar-refractivity contribution in [2.75, 3.05) is 6.61 Å². The van der Waals surface area contributed by atoms with Gasteiger partial charge in [0.15, 0.2) is 0 Å². The first-order valence-electron chi connectivity index (χ1n) is 7.00. The molecule has 1 unspecified atom stereocenters. The Morgan fingerprint density at radius 3 is 2.65 bits per heavy atom. The van der Waals surface area contributed by atoms with Crippen LogP contribution in [-0.2, 0) is 26.3 Å². The van der Waals surface area contributed by atoms with Gasteiger partial charge < -0.3 is 5.11 Å². The highest BCUT2D eigenvalue weighted by Gasteiger charge is 2.14. The van der Waals surface area contributed by atoms with Crippen LogP contribution in [0, 0.1) is 5.92 Å². The number of nitrogens with zero attached hydrogens (tertiary/aromatic N) is 2. The summed E-state index contributed by atoms with van der Waals surface area (Å²) in [5.74, 6) is 0.162. The molecule has 0 saturated heterocycles. The van der Waals surface area contributed by atoms with Gasteiger partial charge >= 0.3 is 0 Å².